The van der Waals surface area contributed by atoms with Crippen LogP contribution in [-0.2, 0) is 11.2 Å². The molecule has 1 fully saturated rings. The average molecular weight is 397 g/mol. The third-order valence-corrected chi connectivity index (χ3v) is 5.30. The molecule has 6 nitrogen and oxygen atoms in total. The van der Waals surface area contributed by atoms with E-state index in [-0.39, 0.29) is 29.9 Å². The van der Waals surface area contributed by atoms with Crippen LogP contribution in [0.4, 0.5) is 0 Å². The largest absolute Gasteiger partial charge is 0.507 e. The number of piperidine rings is 1. The van der Waals surface area contributed by atoms with E-state index in [4.69, 9.17) is 9.47 Å². The van der Waals surface area contributed by atoms with E-state index in [9.17, 15) is 14.7 Å². The quantitative estimate of drug-likeness (QED) is 0.691. The van der Waals surface area contributed by atoms with E-state index in [1.807, 2.05) is 29.2 Å². The Kier molecular flexibility index (Phi) is 7.25. The highest BCUT2D eigenvalue weighted by Gasteiger charge is 2.29. The van der Waals surface area contributed by atoms with Gasteiger partial charge >= 0.3 is 0 Å². The SMILES string of the molecule is COCCc1ccccc1C(=O)N1CCCCC1COc1cccc(O)c1C=O. The van der Waals surface area contributed by atoms with Crippen molar-refractivity contribution < 1.29 is 24.2 Å². The van der Waals surface area contributed by atoms with Crippen molar-refractivity contribution in [2.45, 2.75) is 31.7 Å². The molecule has 0 bridgehead atoms. The lowest BCUT2D eigenvalue weighted by molar-refractivity contribution is 0.0525. The van der Waals surface area contributed by atoms with Crippen molar-refractivity contribution in [3.05, 3.63) is 59.2 Å². The van der Waals surface area contributed by atoms with Gasteiger partial charge in [0.05, 0.1) is 18.2 Å². The molecule has 0 aliphatic carbocycles. The summed E-state index contributed by atoms with van der Waals surface area (Å²) in [6.07, 6.45) is 4.07. The summed E-state index contributed by atoms with van der Waals surface area (Å²) in [4.78, 5) is 26.5. The lowest BCUT2D eigenvalue weighted by Gasteiger charge is -2.36. The predicted molar refractivity (Wildman–Crippen MR) is 110 cm³/mol. The second-order valence-corrected chi connectivity index (χ2v) is 7.17. The van der Waals surface area contributed by atoms with Gasteiger partial charge in [-0.15, -0.1) is 0 Å². The highest BCUT2D eigenvalue weighted by molar-refractivity contribution is 5.96. The van der Waals surface area contributed by atoms with Crippen LogP contribution in [0, 0.1) is 0 Å². The summed E-state index contributed by atoms with van der Waals surface area (Å²) in [5, 5.41) is 9.83. The Hall–Kier alpha value is -2.86. The van der Waals surface area contributed by atoms with Gasteiger partial charge in [0.15, 0.2) is 6.29 Å². The number of benzene rings is 2. The first-order chi connectivity index (χ1) is 14.2. The third-order valence-electron chi connectivity index (χ3n) is 5.30. The first kappa shape index (κ1) is 20.9. The average Bonchev–Trinajstić information content (AvgIpc) is 2.76. The molecule has 0 radical (unpaired) electrons. The molecular weight excluding hydrogens is 370 g/mol. The molecule has 1 atom stereocenters. The summed E-state index contributed by atoms with van der Waals surface area (Å²) >= 11 is 0. The lowest BCUT2D eigenvalue weighted by Crippen LogP contribution is -2.47. The van der Waals surface area contributed by atoms with Gasteiger partial charge in [-0.2, -0.15) is 0 Å². The summed E-state index contributed by atoms with van der Waals surface area (Å²) in [5.74, 6) is 0.219. The minimum Gasteiger partial charge on any atom is -0.507 e. The number of phenolic OH excluding ortho intramolecular Hbond substituents is 1. The number of aldehydes is 1. The van der Waals surface area contributed by atoms with Gasteiger partial charge in [-0.3, -0.25) is 9.59 Å². The molecule has 29 heavy (non-hydrogen) atoms. The second-order valence-electron chi connectivity index (χ2n) is 7.17. The Balaban J connectivity index is 1.76. The number of carbonyl (C=O) groups is 2. The van der Waals surface area contributed by atoms with Gasteiger partial charge in [0, 0.05) is 19.2 Å². The standard InChI is InChI=1S/C23H27NO5/c1-28-14-12-17-7-2-3-9-19(17)23(27)24-13-5-4-8-18(24)16-29-22-11-6-10-21(26)20(22)15-25/h2-3,6-7,9-11,15,18,26H,4-5,8,12-14,16H2,1H3. The Morgan fingerprint density at radius 1 is 1.21 bits per heavy atom. The Morgan fingerprint density at radius 3 is 2.83 bits per heavy atom. The van der Waals surface area contributed by atoms with Gasteiger partial charge in [0.25, 0.3) is 5.91 Å². The molecule has 2 aromatic carbocycles. The first-order valence-corrected chi connectivity index (χ1v) is 9.93. The molecule has 0 aromatic heterocycles. The van der Waals surface area contributed by atoms with Crippen molar-refractivity contribution in [3.8, 4) is 11.5 Å². The molecule has 0 spiro atoms. The van der Waals surface area contributed by atoms with Crippen LogP contribution in [0.3, 0.4) is 0 Å². The van der Waals surface area contributed by atoms with Crippen molar-refractivity contribution in [1.82, 2.24) is 4.90 Å². The highest BCUT2D eigenvalue weighted by Crippen LogP contribution is 2.27. The number of methoxy groups -OCH3 is 1. The predicted octanol–water partition coefficient (Wildman–Crippen LogP) is 3.47. The molecule has 1 unspecified atom stereocenters. The molecular formula is C23H27NO5. The molecule has 3 rings (SSSR count). The van der Waals surface area contributed by atoms with E-state index in [0.29, 0.717) is 37.2 Å². The van der Waals surface area contributed by atoms with Gasteiger partial charge in [-0.25, -0.2) is 0 Å². The third kappa shape index (κ3) is 4.95. The maximum absolute atomic E-state index is 13.3. The fourth-order valence-corrected chi connectivity index (χ4v) is 3.72. The van der Waals surface area contributed by atoms with Crippen LogP contribution in [0.2, 0.25) is 0 Å². The number of hydrogen-bond acceptors (Lipinski definition) is 5. The van der Waals surface area contributed by atoms with Crippen LogP contribution in [0.15, 0.2) is 42.5 Å². The molecule has 1 amide bonds. The summed E-state index contributed by atoms with van der Waals surface area (Å²) in [6, 6.07) is 12.3. The van der Waals surface area contributed by atoms with Crippen molar-refractivity contribution in [1.29, 1.82) is 0 Å². The van der Waals surface area contributed by atoms with Crippen LogP contribution < -0.4 is 4.74 Å². The summed E-state index contributed by atoms with van der Waals surface area (Å²) in [5.41, 5.74) is 1.80. The van der Waals surface area contributed by atoms with Gasteiger partial charge in [0.2, 0.25) is 0 Å². The molecule has 1 heterocycles. The number of likely N-dealkylation sites (tertiary alicyclic amines) is 1. The van der Waals surface area contributed by atoms with E-state index >= 15 is 0 Å². The molecule has 1 N–H and O–H groups in total. The minimum absolute atomic E-state index is 0.00322. The van der Waals surface area contributed by atoms with E-state index in [0.717, 1.165) is 24.8 Å². The zero-order chi connectivity index (χ0) is 20.6. The Morgan fingerprint density at radius 2 is 2.03 bits per heavy atom. The van der Waals surface area contributed by atoms with E-state index in [1.165, 1.54) is 6.07 Å². The van der Waals surface area contributed by atoms with Crippen LogP contribution in [-0.4, -0.2) is 55.1 Å². The lowest BCUT2D eigenvalue weighted by atomic mass is 9.98. The normalized spacial score (nSPS) is 16.4. The number of hydrogen-bond donors (Lipinski definition) is 1. The zero-order valence-corrected chi connectivity index (χ0v) is 16.7. The number of nitrogens with zero attached hydrogens (tertiary/aromatic N) is 1. The minimum atomic E-state index is -0.110. The van der Waals surface area contributed by atoms with Gasteiger partial charge in [-0.1, -0.05) is 24.3 Å². The second kappa shape index (κ2) is 10.1. The maximum atomic E-state index is 13.3. The van der Waals surface area contributed by atoms with E-state index in [2.05, 4.69) is 0 Å². The fraction of sp³-hybridized carbons (Fsp3) is 0.391. The molecule has 1 aliphatic rings. The van der Waals surface area contributed by atoms with Gasteiger partial charge < -0.3 is 19.5 Å². The van der Waals surface area contributed by atoms with Crippen molar-refractivity contribution >= 4 is 12.2 Å². The molecule has 6 heteroatoms. The van der Waals surface area contributed by atoms with Crippen LogP contribution in [0.1, 0.15) is 45.5 Å². The number of phenols is 1. The van der Waals surface area contributed by atoms with Gasteiger partial charge in [0.1, 0.15) is 18.1 Å². The maximum Gasteiger partial charge on any atom is 0.254 e. The number of ether oxygens (including phenoxy) is 2. The highest BCUT2D eigenvalue weighted by atomic mass is 16.5. The summed E-state index contributed by atoms with van der Waals surface area (Å²) in [7, 11) is 1.65. The number of rotatable bonds is 8. The molecule has 0 saturated carbocycles. The topological polar surface area (TPSA) is 76.1 Å². The Bertz CT molecular complexity index is 851. The van der Waals surface area contributed by atoms with E-state index in [1.54, 1.807) is 19.2 Å². The Labute approximate surface area is 171 Å². The van der Waals surface area contributed by atoms with Crippen LogP contribution >= 0.6 is 0 Å². The van der Waals surface area contributed by atoms with Crippen molar-refractivity contribution in [3.63, 3.8) is 0 Å². The van der Waals surface area contributed by atoms with Crippen molar-refractivity contribution in [2.24, 2.45) is 0 Å². The fourth-order valence-electron chi connectivity index (χ4n) is 3.72. The number of amides is 1. The monoisotopic (exact) mass is 397 g/mol. The molecule has 1 aliphatic heterocycles. The van der Waals surface area contributed by atoms with E-state index < -0.39 is 0 Å². The zero-order valence-electron chi connectivity index (χ0n) is 16.7. The molecule has 154 valence electrons. The number of carbonyl (C=O) groups excluding carboxylic acids is 2. The smallest absolute Gasteiger partial charge is 0.254 e. The molecule has 2 aromatic rings. The summed E-state index contributed by atoms with van der Waals surface area (Å²) in [6.45, 7) is 1.51. The first-order valence-electron chi connectivity index (χ1n) is 9.93. The van der Waals surface area contributed by atoms with Gasteiger partial charge in [-0.05, 0) is 49.4 Å². The molecule has 1 saturated heterocycles. The van der Waals surface area contributed by atoms with Crippen molar-refractivity contribution in [2.75, 3.05) is 26.9 Å². The number of aromatic hydroxyl groups is 1. The van der Waals surface area contributed by atoms with Crippen LogP contribution in [0.25, 0.3) is 0 Å². The van der Waals surface area contributed by atoms with Crippen LogP contribution in [0.5, 0.6) is 11.5 Å². The summed E-state index contributed by atoms with van der Waals surface area (Å²) < 4.78 is 11.0.